The molecule has 0 radical (unpaired) electrons. The van der Waals surface area contributed by atoms with Crippen LogP contribution in [-0.2, 0) is 6.54 Å². The van der Waals surface area contributed by atoms with Gasteiger partial charge in [-0.1, -0.05) is 12.1 Å². The second kappa shape index (κ2) is 9.09. The molecule has 4 rings (SSSR count). The predicted molar refractivity (Wildman–Crippen MR) is 117 cm³/mol. The first kappa shape index (κ1) is 21.4. The number of benzene rings is 2. The molecule has 1 heterocycles. The minimum atomic E-state index is -0.904. The van der Waals surface area contributed by atoms with Crippen molar-refractivity contribution in [3.63, 3.8) is 0 Å². The van der Waals surface area contributed by atoms with E-state index in [-0.39, 0.29) is 24.2 Å². The minimum Gasteiger partial charge on any atom is -0.362 e. The zero-order valence-corrected chi connectivity index (χ0v) is 17.6. The topological polar surface area (TPSA) is 53.1 Å². The van der Waals surface area contributed by atoms with Gasteiger partial charge in [-0.3, -0.25) is 0 Å². The number of rotatable bonds is 6. The summed E-state index contributed by atoms with van der Waals surface area (Å²) in [5, 5.41) is 7.66. The van der Waals surface area contributed by atoms with E-state index in [1.165, 1.54) is 0 Å². The van der Waals surface area contributed by atoms with E-state index in [0.29, 0.717) is 18.1 Å². The lowest BCUT2D eigenvalue weighted by Crippen LogP contribution is -2.37. The van der Waals surface area contributed by atoms with Crippen LogP contribution in [0.5, 0.6) is 0 Å². The molecule has 0 atom stereocenters. The summed E-state index contributed by atoms with van der Waals surface area (Å²) in [5.41, 5.74) is 0.768. The van der Waals surface area contributed by atoms with Gasteiger partial charge in [-0.05, 0) is 37.8 Å². The Labute approximate surface area is 179 Å². The normalized spacial score (nSPS) is 18.9. The molecule has 1 aliphatic rings. The second-order valence-corrected chi connectivity index (χ2v) is 8.20. The molecule has 1 aliphatic carbocycles. The molecule has 31 heavy (non-hydrogen) atoms. The van der Waals surface area contributed by atoms with Crippen LogP contribution in [-0.4, -0.2) is 36.1 Å². The number of hydrogen-bond acceptors (Lipinski definition) is 5. The van der Waals surface area contributed by atoms with Gasteiger partial charge >= 0.3 is 0 Å². The van der Waals surface area contributed by atoms with Crippen molar-refractivity contribution < 1.29 is 13.2 Å². The van der Waals surface area contributed by atoms with Gasteiger partial charge < -0.3 is 15.5 Å². The van der Waals surface area contributed by atoms with Crippen molar-refractivity contribution in [2.75, 3.05) is 24.3 Å². The third-order valence-electron chi connectivity index (χ3n) is 5.74. The molecule has 1 fully saturated rings. The maximum absolute atomic E-state index is 13.8. The highest BCUT2D eigenvalue weighted by Gasteiger charge is 2.23. The number of hydrogen-bond donors (Lipinski definition) is 2. The summed E-state index contributed by atoms with van der Waals surface area (Å²) in [6.07, 6.45) is 3.49. The molecule has 0 amide bonds. The molecule has 2 aromatic carbocycles. The fraction of sp³-hybridized carbons (Fsp3) is 0.391. The van der Waals surface area contributed by atoms with Crippen LogP contribution in [0.25, 0.3) is 10.9 Å². The van der Waals surface area contributed by atoms with Crippen molar-refractivity contribution in [3.8, 4) is 0 Å². The van der Waals surface area contributed by atoms with Crippen LogP contribution in [0.2, 0.25) is 0 Å². The van der Waals surface area contributed by atoms with Crippen molar-refractivity contribution in [3.05, 3.63) is 59.4 Å². The van der Waals surface area contributed by atoms with Gasteiger partial charge in [-0.2, -0.15) is 4.98 Å². The molecule has 0 spiro atoms. The highest BCUT2D eigenvalue weighted by molar-refractivity contribution is 5.90. The maximum atomic E-state index is 13.8. The lowest BCUT2D eigenvalue weighted by atomic mass is 9.91. The van der Waals surface area contributed by atoms with E-state index in [1.807, 2.05) is 43.3 Å². The average Bonchev–Trinajstić information content (AvgIpc) is 2.73. The van der Waals surface area contributed by atoms with E-state index in [0.717, 1.165) is 42.4 Å². The van der Waals surface area contributed by atoms with E-state index in [9.17, 15) is 13.2 Å². The molecular weight excluding hydrogens is 403 g/mol. The van der Waals surface area contributed by atoms with E-state index >= 15 is 0 Å². The number of fused-ring (bicyclic) bond motifs is 1. The molecule has 0 aliphatic heterocycles. The Morgan fingerprint density at radius 1 is 0.935 bits per heavy atom. The smallest absolute Gasteiger partial charge is 0.225 e. The Morgan fingerprint density at radius 2 is 1.58 bits per heavy atom. The average molecular weight is 429 g/mol. The number of halogens is 3. The van der Waals surface area contributed by atoms with Crippen LogP contribution < -0.4 is 15.5 Å². The highest BCUT2D eigenvalue weighted by Crippen LogP contribution is 2.26. The standard InChI is InChI=1S/C23H26F3N5/c1-31(2)22-17-5-3-4-6-21(17)29-23(30-22)28-16-9-7-15(8-10-16)27-13-18-19(25)11-14(24)12-20(18)26/h3-6,11-12,15-16,27H,7-10,13H2,1-2H3,(H,28,29,30)/t15-,16+. The largest absolute Gasteiger partial charge is 0.362 e. The fourth-order valence-electron chi connectivity index (χ4n) is 4.08. The van der Waals surface area contributed by atoms with Crippen LogP contribution in [0.15, 0.2) is 36.4 Å². The first-order valence-corrected chi connectivity index (χ1v) is 10.5. The van der Waals surface area contributed by atoms with Gasteiger partial charge in [0.1, 0.15) is 23.3 Å². The summed E-state index contributed by atoms with van der Waals surface area (Å²) in [5.74, 6) is -1.14. The van der Waals surface area contributed by atoms with Gasteiger partial charge in [0.15, 0.2) is 0 Å². The van der Waals surface area contributed by atoms with Crippen LogP contribution >= 0.6 is 0 Å². The summed E-state index contributed by atoms with van der Waals surface area (Å²) < 4.78 is 40.7. The lowest BCUT2D eigenvalue weighted by molar-refractivity contribution is 0.348. The van der Waals surface area contributed by atoms with Gasteiger partial charge in [-0.25, -0.2) is 18.2 Å². The third kappa shape index (κ3) is 4.90. The molecular formula is C23H26F3N5. The van der Waals surface area contributed by atoms with Crippen LogP contribution in [0, 0.1) is 17.5 Å². The quantitative estimate of drug-likeness (QED) is 0.599. The Morgan fingerprint density at radius 3 is 2.26 bits per heavy atom. The molecule has 0 saturated heterocycles. The summed E-state index contributed by atoms with van der Waals surface area (Å²) in [4.78, 5) is 11.3. The van der Waals surface area contributed by atoms with Crippen LogP contribution in [0.3, 0.4) is 0 Å². The Hall–Kier alpha value is -2.87. The number of aromatic nitrogens is 2. The molecule has 1 aromatic heterocycles. The van der Waals surface area contributed by atoms with Gasteiger partial charge in [-0.15, -0.1) is 0 Å². The highest BCUT2D eigenvalue weighted by atomic mass is 19.1. The lowest BCUT2D eigenvalue weighted by Gasteiger charge is -2.30. The monoisotopic (exact) mass is 429 g/mol. The van der Waals surface area contributed by atoms with Crippen LogP contribution in [0.1, 0.15) is 31.2 Å². The van der Waals surface area contributed by atoms with E-state index in [1.54, 1.807) is 0 Å². The van der Waals surface area contributed by atoms with E-state index in [2.05, 4.69) is 15.6 Å². The van der Waals surface area contributed by atoms with Crippen molar-refractivity contribution in [1.82, 2.24) is 15.3 Å². The molecule has 0 bridgehead atoms. The molecule has 2 N–H and O–H groups in total. The zero-order chi connectivity index (χ0) is 22.0. The van der Waals surface area contributed by atoms with Crippen molar-refractivity contribution in [2.45, 2.75) is 44.3 Å². The first-order valence-electron chi connectivity index (χ1n) is 10.5. The van der Waals surface area contributed by atoms with Gasteiger partial charge in [0.2, 0.25) is 5.95 Å². The second-order valence-electron chi connectivity index (χ2n) is 8.20. The van der Waals surface area contributed by atoms with Gasteiger partial charge in [0.05, 0.1) is 5.52 Å². The molecule has 0 unspecified atom stereocenters. The SMILES string of the molecule is CN(C)c1nc(N[C@H]2CC[C@@H](NCc3c(F)cc(F)cc3F)CC2)nc2ccccc12. The Balaban J connectivity index is 1.36. The number of nitrogens with one attached hydrogen (secondary N) is 2. The van der Waals surface area contributed by atoms with Gasteiger partial charge in [0, 0.05) is 55.8 Å². The Kier molecular flexibility index (Phi) is 6.27. The van der Waals surface area contributed by atoms with Gasteiger partial charge in [0.25, 0.3) is 0 Å². The molecule has 3 aromatic rings. The summed E-state index contributed by atoms with van der Waals surface area (Å²) >= 11 is 0. The molecule has 164 valence electrons. The zero-order valence-electron chi connectivity index (χ0n) is 17.6. The Bertz CT molecular complexity index is 1040. The van der Waals surface area contributed by atoms with Crippen LogP contribution in [0.4, 0.5) is 24.9 Å². The predicted octanol–water partition coefficient (Wildman–Crippen LogP) is 4.63. The minimum absolute atomic E-state index is 0.0424. The van der Waals surface area contributed by atoms with E-state index < -0.39 is 17.5 Å². The molecule has 1 saturated carbocycles. The van der Waals surface area contributed by atoms with Crippen molar-refractivity contribution in [1.29, 1.82) is 0 Å². The molecule has 8 heteroatoms. The third-order valence-corrected chi connectivity index (χ3v) is 5.74. The number of nitrogens with zero attached hydrogens (tertiary/aromatic N) is 3. The summed E-state index contributed by atoms with van der Waals surface area (Å²) in [6.45, 7) is 0.0424. The fourth-order valence-corrected chi connectivity index (χ4v) is 4.08. The summed E-state index contributed by atoms with van der Waals surface area (Å²) in [6, 6.07) is 9.73. The summed E-state index contributed by atoms with van der Waals surface area (Å²) in [7, 11) is 3.92. The van der Waals surface area contributed by atoms with Crippen molar-refractivity contribution >= 4 is 22.7 Å². The maximum Gasteiger partial charge on any atom is 0.225 e. The molecule has 5 nitrogen and oxygen atoms in total. The van der Waals surface area contributed by atoms with Crippen molar-refractivity contribution in [2.24, 2.45) is 0 Å². The van der Waals surface area contributed by atoms with E-state index in [4.69, 9.17) is 4.98 Å². The number of para-hydroxylation sites is 1. The first-order chi connectivity index (χ1) is 14.9. The number of anilines is 2.